The number of amidine groups is 1. The van der Waals surface area contributed by atoms with Crippen LogP contribution < -0.4 is 11.1 Å². The number of benzene rings is 3. The van der Waals surface area contributed by atoms with Gasteiger partial charge in [0.15, 0.2) is 6.10 Å². The molecule has 5 nitrogen and oxygen atoms in total. The number of halogens is 2. The van der Waals surface area contributed by atoms with Gasteiger partial charge in [0.2, 0.25) is 0 Å². The number of nitrogens with two attached hydrogens (primary N) is 1. The van der Waals surface area contributed by atoms with Gasteiger partial charge < -0.3 is 15.8 Å². The third-order valence-corrected chi connectivity index (χ3v) is 4.60. The molecule has 0 aliphatic rings. The van der Waals surface area contributed by atoms with E-state index < -0.39 is 17.8 Å². The molecule has 0 bridgehead atoms. The van der Waals surface area contributed by atoms with Crippen molar-refractivity contribution in [1.29, 1.82) is 5.41 Å². The molecule has 0 heterocycles. The van der Waals surface area contributed by atoms with Crippen LogP contribution in [0, 0.1) is 11.2 Å². The molecule has 1 atom stereocenters. The van der Waals surface area contributed by atoms with Crippen LogP contribution in [0.25, 0.3) is 11.1 Å². The molecule has 0 aromatic heterocycles. The number of carbonyl (C=O) groups excluding carboxylic acids is 1. The molecular formula is C23H23ClFN3O2. The molecule has 30 heavy (non-hydrogen) atoms. The van der Waals surface area contributed by atoms with E-state index in [-0.39, 0.29) is 30.4 Å². The van der Waals surface area contributed by atoms with Gasteiger partial charge >= 0.3 is 0 Å². The summed E-state index contributed by atoms with van der Waals surface area (Å²) in [7, 11) is 1.37. The topological polar surface area (TPSA) is 88.2 Å². The van der Waals surface area contributed by atoms with E-state index in [1.54, 1.807) is 36.4 Å². The van der Waals surface area contributed by atoms with Gasteiger partial charge in [0.25, 0.3) is 5.91 Å². The Bertz CT molecular complexity index is 1010. The van der Waals surface area contributed by atoms with Crippen molar-refractivity contribution >= 4 is 24.1 Å². The summed E-state index contributed by atoms with van der Waals surface area (Å²) in [5.74, 6) is -0.955. The first kappa shape index (κ1) is 23.1. The Kier molecular flexibility index (Phi) is 8.09. The minimum Gasteiger partial charge on any atom is -0.384 e. The summed E-state index contributed by atoms with van der Waals surface area (Å²) in [5.41, 5.74) is 8.67. The van der Waals surface area contributed by atoms with E-state index in [9.17, 15) is 9.18 Å². The van der Waals surface area contributed by atoms with Gasteiger partial charge in [-0.05, 0) is 22.8 Å². The molecule has 7 heteroatoms. The van der Waals surface area contributed by atoms with Crippen molar-refractivity contribution < 1.29 is 13.9 Å². The predicted octanol–water partition coefficient (Wildman–Crippen LogP) is 4.20. The molecule has 0 fully saturated rings. The number of nitrogen functional groups attached to an aromatic ring is 1. The van der Waals surface area contributed by atoms with Crippen molar-refractivity contribution in [3.05, 3.63) is 95.3 Å². The van der Waals surface area contributed by atoms with E-state index in [0.29, 0.717) is 5.56 Å². The Morgan fingerprint density at radius 2 is 1.73 bits per heavy atom. The van der Waals surface area contributed by atoms with E-state index in [4.69, 9.17) is 15.9 Å². The van der Waals surface area contributed by atoms with Crippen LogP contribution in [0.15, 0.2) is 72.8 Å². The highest BCUT2D eigenvalue weighted by molar-refractivity contribution is 5.94. The zero-order valence-corrected chi connectivity index (χ0v) is 17.2. The molecule has 0 unspecified atom stereocenters. The first-order valence-corrected chi connectivity index (χ1v) is 9.08. The zero-order valence-electron chi connectivity index (χ0n) is 16.4. The molecule has 0 aliphatic carbocycles. The fourth-order valence-electron chi connectivity index (χ4n) is 3.01. The molecular weight excluding hydrogens is 405 g/mol. The lowest BCUT2D eigenvalue weighted by Crippen LogP contribution is -2.30. The van der Waals surface area contributed by atoms with E-state index in [2.05, 4.69) is 5.32 Å². The Morgan fingerprint density at radius 3 is 2.30 bits per heavy atom. The first-order chi connectivity index (χ1) is 14.0. The van der Waals surface area contributed by atoms with E-state index in [0.717, 1.165) is 16.7 Å². The number of hydrogen-bond acceptors (Lipinski definition) is 3. The number of hydrogen-bond donors (Lipinski definition) is 3. The molecule has 1 amide bonds. The molecule has 0 spiro atoms. The van der Waals surface area contributed by atoms with E-state index >= 15 is 0 Å². The second kappa shape index (κ2) is 10.5. The van der Waals surface area contributed by atoms with E-state index in [1.807, 2.05) is 30.3 Å². The minimum absolute atomic E-state index is 0. The summed E-state index contributed by atoms with van der Waals surface area (Å²) >= 11 is 0. The average molecular weight is 428 g/mol. The van der Waals surface area contributed by atoms with Gasteiger partial charge in [-0.15, -0.1) is 12.4 Å². The summed E-state index contributed by atoms with van der Waals surface area (Å²) < 4.78 is 20.0. The van der Waals surface area contributed by atoms with Crippen molar-refractivity contribution in [2.24, 2.45) is 5.73 Å². The molecule has 156 valence electrons. The molecule has 0 aliphatic heterocycles. The summed E-state index contributed by atoms with van der Waals surface area (Å²) in [6, 6.07) is 21.2. The summed E-state index contributed by atoms with van der Waals surface area (Å²) in [6.45, 7) is 0.251. The number of methoxy groups -OCH3 is 1. The number of ether oxygens (including phenoxy) is 1. The lowest BCUT2D eigenvalue weighted by Gasteiger charge is -2.17. The predicted molar refractivity (Wildman–Crippen MR) is 118 cm³/mol. The molecule has 4 N–H and O–H groups in total. The van der Waals surface area contributed by atoms with Gasteiger partial charge in [0.1, 0.15) is 11.7 Å². The number of rotatable bonds is 7. The monoisotopic (exact) mass is 427 g/mol. The first-order valence-electron chi connectivity index (χ1n) is 9.08. The zero-order chi connectivity index (χ0) is 20.8. The van der Waals surface area contributed by atoms with Crippen LogP contribution in [0.2, 0.25) is 0 Å². The number of nitrogens with one attached hydrogen (secondary N) is 2. The third-order valence-electron chi connectivity index (χ3n) is 4.60. The van der Waals surface area contributed by atoms with Crippen molar-refractivity contribution in [1.82, 2.24) is 5.32 Å². The Morgan fingerprint density at radius 1 is 1.07 bits per heavy atom. The molecule has 0 saturated heterocycles. The largest absolute Gasteiger partial charge is 0.384 e. The van der Waals surface area contributed by atoms with Gasteiger partial charge in [-0.3, -0.25) is 10.2 Å². The maximum Gasteiger partial charge on any atom is 0.254 e. The van der Waals surface area contributed by atoms with Gasteiger partial charge in [-0.25, -0.2) is 4.39 Å². The highest BCUT2D eigenvalue weighted by Gasteiger charge is 2.23. The lowest BCUT2D eigenvalue weighted by molar-refractivity contribution is -0.131. The lowest BCUT2D eigenvalue weighted by atomic mass is 10.0. The Labute approximate surface area is 181 Å². The van der Waals surface area contributed by atoms with Gasteiger partial charge in [-0.2, -0.15) is 0 Å². The van der Waals surface area contributed by atoms with Crippen LogP contribution >= 0.6 is 12.4 Å². The van der Waals surface area contributed by atoms with Gasteiger partial charge in [0, 0.05) is 24.8 Å². The van der Waals surface area contributed by atoms with Crippen LogP contribution in [0.3, 0.4) is 0 Å². The molecule has 0 saturated carbocycles. The highest BCUT2D eigenvalue weighted by atomic mass is 35.5. The van der Waals surface area contributed by atoms with Crippen LogP contribution in [0.1, 0.15) is 22.8 Å². The fourth-order valence-corrected chi connectivity index (χ4v) is 3.01. The molecule has 3 aromatic carbocycles. The molecule has 3 aromatic rings. The quantitative estimate of drug-likeness (QED) is 0.390. The third kappa shape index (κ3) is 5.43. The smallest absolute Gasteiger partial charge is 0.254 e. The van der Waals surface area contributed by atoms with Gasteiger partial charge in [-0.1, -0.05) is 66.7 Å². The van der Waals surface area contributed by atoms with Crippen LogP contribution in [-0.4, -0.2) is 18.9 Å². The Hall–Kier alpha value is -3.22. The van der Waals surface area contributed by atoms with Crippen molar-refractivity contribution in [2.75, 3.05) is 7.11 Å². The Balaban J connectivity index is 0.00000320. The highest BCUT2D eigenvalue weighted by Crippen LogP contribution is 2.26. The number of carbonyl (C=O) groups is 1. The van der Waals surface area contributed by atoms with Crippen molar-refractivity contribution in [3.8, 4) is 11.1 Å². The minimum atomic E-state index is -1.06. The van der Waals surface area contributed by atoms with Crippen LogP contribution in [-0.2, 0) is 16.1 Å². The summed E-state index contributed by atoms with van der Waals surface area (Å²) in [6.07, 6.45) is -1.06. The fraction of sp³-hybridized carbons (Fsp3) is 0.130. The summed E-state index contributed by atoms with van der Waals surface area (Å²) in [5, 5.41) is 10.2. The second-order valence-corrected chi connectivity index (χ2v) is 6.55. The maximum atomic E-state index is 14.7. The van der Waals surface area contributed by atoms with Gasteiger partial charge in [0.05, 0.1) is 0 Å². The maximum absolute atomic E-state index is 14.7. The average Bonchev–Trinajstić information content (AvgIpc) is 2.74. The molecule has 0 radical (unpaired) electrons. The standard InChI is InChI=1S/C23H22FN3O2.ClH/c1-29-21(23(28)27-14-15-7-9-17(10-8-15)22(25)26)19-12-11-18(13-20(19)24)16-5-3-2-4-6-16;/h2-13,21H,14H2,1H3,(H3,25,26)(H,27,28);1H/t21-;/m0./s1. The second-order valence-electron chi connectivity index (χ2n) is 6.55. The van der Waals surface area contributed by atoms with E-state index in [1.165, 1.54) is 13.2 Å². The molecule has 3 rings (SSSR count). The SMILES string of the molecule is CO[C@H](C(=O)NCc1ccc(C(=N)N)cc1)c1ccc(-c2ccccc2)cc1F.Cl. The van der Waals surface area contributed by atoms with Crippen molar-refractivity contribution in [2.45, 2.75) is 12.6 Å². The number of amides is 1. The normalized spacial score (nSPS) is 11.3. The van der Waals surface area contributed by atoms with Crippen molar-refractivity contribution in [3.63, 3.8) is 0 Å². The summed E-state index contributed by atoms with van der Waals surface area (Å²) in [4.78, 5) is 12.6. The van der Waals surface area contributed by atoms with Crippen LogP contribution in [0.5, 0.6) is 0 Å². The van der Waals surface area contributed by atoms with Crippen LogP contribution in [0.4, 0.5) is 4.39 Å².